The van der Waals surface area contributed by atoms with Crippen LogP contribution in [-0.2, 0) is 4.79 Å². The molecule has 0 saturated heterocycles. The zero-order chi connectivity index (χ0) is 14.5. The van der Waals surface area contributed by atoms with Crippen molar-refractivity contribution in [3.8, 4) is 5.75 Å². The molecule has 0 aromatic heterocycles. The molecule has 20 heavy (non-hydrogen) atoms. The highest BCUT2D eigenvalue weighted by molar-refractivity contribution is 6.30. The normalized spacial score (nSPS) is 11.8. The number of hydrogen-bond donors (Lipinski definition) is 1. The van der Waals surface area contributed by atoms with Gasteiger partial charge in [0.15, 0.2) is 6.10 Å². The van der Waals surface area contributed by atoms with Crippen molar-refractivity contribution in [1.29, 1.82) is 0 Å². The Hall–Kier alpha value is -2.07. The van der Waals surface area contributed by atoms with Crippen LogP contribution in [0.2, 0.25) is 5.02 Å². The maximum atomic E-state index is 12.8. The summed E-state index contributed by atoms with van der Waals surface area (Å²) < 4.78 is 18.2. The third kappa shape index (κ3) is 3.96. The number of ether oxygens (including phenoxy) is 1. The number of carbonyl (C=O) groups excluding carboxylic acids is 1. The van der Waals surface area contributed by atoms with Crippen LogP contribution in [0.15, 0.2) is 48.5 Å². The molecule has 0 radical (unpaired) electrons. The Balaban J connectivity index is 1.94. The van der Waals surface area contributed by atoms with Gasteiger partial charge in [0, 0.05) is 10.7 Å². The number of anilines is 1. The second kappa shape index (κ2) is 6.39. The van der Waals surface area contributed by atoms with Gasteiger partial charge in [-0.3, -0.25) is 4.79 Å². The lowest BCUT2D eigenvalue weighted by Gasteiger charge is -2.14. The van der Waals surface area contributed by atoms with Crippen LogP contribution < -0.4 is 10.1 Å². The first-order chi connectivity index (χ1) is 9.54. The summed E-state index contributed by atoms with van der Waals surface area (Å²) in [6.07, 6.45) is -0.698. The SMILES string of the molecule is C[C@@H](Oc1ccc(F)cc1)C(=O)Nc1ccc(Cl)cc1. The van der Waals surface area contributed by atoms with Gasteiger partial charge in [-0.25, -0.2) is 4.39 Å². The van der Waals surface area contributed by atoms with Crippen molar-refractivity contribution < 1.29 is 13.9 Å². The Morgan fingerprint density at radius 2 is 1.75 bits per heavy atom. The van der Waals surface area contributed by atoms with Gasteiger partial charge in [-0.05, 0) is 55.5 Å². The molecule has 0 aliphatic rings. The molecule has 3 nitrogen and oxygen atoms in total. The van der Waals surface area contributed by atoms with Gasteiger partial charge in [-0.15, -0.1) is 0 Å². The Morgan fingerprint density at radius 3 is 2.35 bits per heavy atom. The molecular weight excluding hydrogens is 281 g/mol. The molecule has 2 aromatic rings. The van der Waals surface area contributed by atoms with Gasteiger partial charge in [0.05, 0.1) is 0 Å². The number of nitrogens with one attached hydrogen (secondary N) is 1. The predicted molar refractivity (Wildman–Crippen MR) is 76.6 cm³/mol. The van der Waals surface area contributed by atoms with Crippen LogP contribution in [-0.4, -0.2) is 12.0 Å². The lowest BCUT2D eigenvalue weighted by atomic mass is 10.3. The minimum Gasteiger partial charge on any atom is -0.481 e. The first kappa shape index (κ1) is 14.3. The summed E-state index contributed by atoms with van der Waals surface area (Å²) in [5.74, 6) is -0.211. The number of carbonyl (C=O) groups is 1. The van der Waals surface area contributed by atoms with E-state index in [1.54, 1.807) is 31.2 Å². The average molecular weight is 294 g/mol. The predicted octanol–water partition coefficient (Wildman–Crippen LogP) is 3.89. The van der Waals surface area contributed by atoms with Crippen LogP contribution in [0.3, 0.4) is 0 Å². The minimum absolute atomic E-state index is 0.295. The molecule has 0 saturated carbocycles. The van der Waals surface area contributed by atoms with E-state index >= 15 is 0 Å². The van der Waals surface area contributed by atoms with Crippen molar-refractivity contribution in [1.82, 2.24) is 0 Å². The van der Waals surface area contributed by atoms with E-state index in [0.29, 0.717) is 16.5 Å². The Kier molecular flexibility index (Phi) is 4.58. The summed E-state index contributed by atoms with van der Waals surface area (Å²) in [5.41, 5.74) is 0.633. The number of amides is 1. The van der Waals surface area contributed by atoms with E-state index in [4.69, 9.17) is 16.3 Å². The summed E-state index contributed by atoms with van der Waals surface area (Å²) in [5, 5.41) is 3.30. The van der Waals surface area contributed by atoms with E-state index in [1.165, 1.54) is 24.3 Å². The highest BCUT2D eigenvalue weighted by Crippen LogP contribution is 2.16. The second-order valence-electron chi connectivity index (χ2n) is 4.21. The standard InChI is InChI=1S/C15H13ClFNO2/c1-10(20-14-8-4-12(17)5-9-14)15(19)18-13-6-2-11(16)3-7-13/h2-10H,1H3,(H,18,19)/t10-/m1/s1. The number of hydrogen-bond acceptors (Lipinski definition) is 2. The van der Waals surface area contributed by atoms with Gasteiger partial charge in [0.25, 0.3) is 5.91 Å². The first-order valence-corrected chi connectivity index (χ1v) is 6.41. The molecule has 2 aromatic carbocycles. The monoisotopic (exact) mass is 293 g/mol. The molecule has 2 rings (SSSR count). The fourth-order valence-electron chi connectivity index (χ4n) is 1.55. The molecule has 0 aliphatic heterocycles. The van der Waals surface area contributed by atoms with Crippen molar-refractivity contribution in [2.45, 2.75) is 13.0 Å². The summed E-state index contributed by atoms with van der Waals surface area (Å²) in [6.45, 7) is 1.62. The maximum Gasteiger partial charge on any atom is 0.265 e. The Bertz CT molecular complexity index is 584. The second-order valence-corrected chi connectivity index (χ2v) is 4.65. The third-order valence-electron chi connectivity index (χ3n) is 2.61. The topological polar surface area (TPSA) is 38.3 Å². The maximum absolute atomic E-state index is 12.8. The minimum atomic E-state index is -0.698. The zero-order valence-corrected chi connectivity index (χ0v) is 11.5. The summed E-state index contributed by atoms with van der Waals surface area (Å²) in [6, 6.07) is 12.3. The lowest BCUT2D eigenvalue weighted by Crippen LogP contribution is -2.30. The van der Waals surface area contributed by atoms with Crippen LogP contribution >= 0.6 is 11.6 Å². The zero-order valence-electron chi connectivity index (χ0n) is 10.8. The van der Waals surface area contributed by atoms with E-state index < -0.39 is 6.10 Å². The molecule has 0 fully saturated rings. The van der Waals surface area contributed by atoms with Crippen LogP contribution in [0.5, 0.6) is 5.75 Å². The van der Waals surface area contributed by atoms with Crippen LogP contribution in [0, 0.1) is 5.82 Å². The molecule has 1 amide bonds. The van der Waals surface area contributed by atoms with Gasteiger partial charge in [-0.2, -0.15) is 0 Å². The molecule has 0 unspecified atom stereocenters. The van der Waals surface area contributed by atoms with Crippen molar-refractivity contribution in [3.05, 3.63) is 59.4 Å². The third-order valence-corrected chi connectivity index (χ3v) is 2.86. The molecule has 0 spiro atoms. The molecule has 0 heterocycles. The number of benzene rings is 2. The highest BCUT2D eigenvalue weighted by Gasteiger charge is 2.14. The molecule has 5 heteroatoms. The highest BCUT2D eigenvalue weighted by atomic mass is 35.5. The molecule has 104 valence electrons. The van der Waals surface area contributed by atoms with Gasteiger partial charge < -0.3 is 10.1 Å². The molecule has 0 bridgehead atoms. The first-order valence-electron chi connectivity index (χ1n) is 6.03. The summed E-state index contributed by atoms with van der Waals surface area (Å²) in [4.78, 5) is 11.9. The van der Waals surface area contributed by atoms with Gasteiger partial charge in [-0.1, -0.05) is 11.6 Å². The molecule has 0 aliphatic carbocycles. The van der Waals surface area contributed by atoms with Crippen molar-refractivity contribution in [2.75, 3.05) is 5.32 Å². The van der Waals surface area contributed by atoms with Crippen LogP contribution in [0.25, 0.3) is 0 Å². The summed E-state index contributed by atoms with van der Waals surface area (Å²) >= 11 is 5.76. The average Bonchev–Trinajstić information content (AvgIpc) is 2.44. The van der Waals surface area contributed by atoms with Crippen molar-refractivity contribution >= 4 is 23.2 Å². The Morgan fingerprint density at radius 1 is 1.15 bits per heavy atom. The van der Waals surface area contributed by atoms with E-state index in [1.807, 2.05) is 0 Å². The van der Waals surface area contributed by atoms with E-state index in [9.17, 15) is 9.18 Å². The van der Waals surface area contributed by atoms with Crippen LogP contribution in [0.1, 0.15) is 6.92 Å². The van der Waals surface area contributed by atoms with Crippen LogP contribution in [0.4, 0.5) is 10.1 Å². The number of halogens is 2. The summed E-state index contributed by atoms with van der Waals surface area (Å²) in [7, 11) is 0. The Labute approximate surface area is 121 Å². The quantitative estimate of drug-likeness (QED) is 0.929. The molecular formula is C15H13ClFNO2. The molecule has 1 atom stereocenters. The van der Waals surface area contributed by atoms with E-state index in [-0.39, 0.29) is 11.7 Å². The fraction of sp³-hybridized carbons (Fsp3) is 0.133. The van der Waals surface area contributed by atoms with E-state index in [2.05, 4.69) is 5.32 Å². The lowest BCUT2D eigenvalue weighted by molar-refractivity contribution is -0.122. The van der Waals surface area contributed by atoms with E-state index in [0.717, 1.165) is 0 Å². The smallest absolute Gasteiger partial charge is 0.265 e. The van der Waals surface area contributed by atoms with Crippen molar-refractivity contribution in [3.63, 3.8) is 0 Å². The molecule has 1 N–H and O–H groups in total. The van der Waals surface area contributed by atoms with Gasteiger partial charge in [0.1, 0.15) is 11.6 Å². The fourth-order valence-corrected chi connectivity index (χ4v) is 1.67. The van der Waals surface area contributed by atoms with Gasteiger partial charge in [0.2, 0.25) is 0 Å². The largest absolute Gasteiger partial charge is 0.481 e. The van der Waals surface area contributed by atoms with Crippen molar-refractivity contribution in [2.24, 2.45) is 0 Å². The van der Waals surface area contributed by atoms with Gasteiger partial charge >= 0.3 is 0 Å². The number of rotatable bonds is 4.